The molecule has 0 bridgehead atoms. The van der Waals surface area contributed by atoms with E-state index in [-0.39, 0.29) is 5.91 Å². The van der Waals surface area contributed by atoms with Crippen LogP contribution in [0.4, 0.5) is 0 Å². The molecular weight excluding hydrogens is 346 g/mol. The fraction of sp³-hybridized carbons (Fsp3) is 0.500. The molecule has 6 nitrogen and oxygen atoms in total. The summed E-state index contributed by atoms with van der Waals surface area (Å²) >= 11 is 7.38. The van der Waals surface area contributed by atoms with E-state index in [1.807, 2.05) is 17.0 Å². The van der Waals surface area contributed by atoms with Crippen molar-refractivity contribution in [1.29, 1.82) is 0 Å². The zero-order valence-electron chi connectivity index (χ0n) is 13.4. The minimum Gasteiger partial charge on any atom is -0.342 e. The number of benzene rings is 1. The Kier molecular flexibility index (Phi) is 6.09. The minimum absolute atomic E-state index is 0.155. The molecule has 0 radical (unpaired) electrons. The number of thioether (sulfide) groups is 1. The number of hydrogen-bond donors (Lipinski definition) is 0. The lowest BCUT2D eigenvalue weighted by Crippen LogP contribution is -2.35. The first-order chi connectivity index (χ1) is 11.7. The van der Waals surface area contributed by atoms with Crippen molar-refractivity contribution in [2.75, 3.05) is 18.8 Å². The van der Waals surface area contributed by atoms with Gasteiger partial charge in [0.25, 0.3) is 0 Å². The van der Waals surface area contributed by atoms with Gasteiger partial charge in [0.05, 0.1) is 11.4 Å². The minimum atomic E-state index is 0.155. The van der Waals surface area contributed by atoms with E-state index in [9.17, 15) is 4.79 Å². The average molecular weight is 366 g/mol. The van der Waals surface area contributed by atoms with Crippen molar-refractivity contribution in [3.63, 3.8) is 0 Å². The number of tetrazole rings is 1. The maximum atomic E-state index is 12.5. The smallest absolute Gasteiger partial charge is 0.233 e. The second-order valence-corrected chi connectivity index (χ2v) is 7.17. The van der Waals surface area contributed by atoms with Gasteiger partial charge in [0.15, 0.2) is 0 Å². The lowest BCUT2D eigenvalue weighted by Gasteiger charge is -2.24. The number of carbonyl (C=O) groups is 1. The predicted octanol–water partition coefficient (Wildman–Crippen LogP) is 3.20. The topological polar surface area (TPSA) is 63.9 Å². The summed E-state index contributed by atoms with van der Waals surface area (Å²) in [7, 11) is 0. The van der Waals surface area contributed by atoms with Gasteiger partial charge in [-0.2, -0.15) is 4.68 Å². The number of amides is 1. The van der Waals surface area contributed by atoms with Crippen LogP contribution in [0, 0.1) is 0 Å². The molecule has 1 amide bonds. The number of hydrogen-bond acceptors (Lipinski definition) is 5. The van der Waals surface area contributed by atoms with Crippen LogP contribution in [0.25, 0.3) is 5.69 Å². The van der Waals surface area contributed by atoms with Crippen LogP contribution in [0.15, 0.2) is 29.4 Å². The van der Waals surface area contributed by atoms with Crippen LogP contribution in [-0.2, 0) is 4.79 Å². The lowest BCUT2D eigenvalue weighted by atomic mass is 10.1. The third-order valence-corrected chi connectivity index (χ3v) is 5.17. The van der Waals surface area contributed by atoms with Crippen LogP contribution in [-0.4, -0.2) is 49.9 Å². The lowest BCUT2D eigenvalue weighted by molar-refractivity contribution is -0.128. The number of carbonyl (C=O) groups excluding carboxylic acids is 1. The second kappa shape index (κ2) is 8.48. The van der Waals surface area contributed by atoms with Gasteiger partial charge in [-0.05, 0) is 41.5 Å². The van der Waals surface area contributed by atoms with E-state index < -0.39 is 0 Å². The summed E-state index contributed by atoms with van der Waals surface area (Å²) in [6.45, 7) is 1.72. The molecule has 1 saturated heterocycles. The summed E-state index contributed by atoms with van der Waals surface area (Å²) in [4.78, 5) is 14.4. The summed E-state index contributed by atoms with van der Waals surface area (Å²) in [5, 5.41) is 13.0. The predicted molar refractivity (Wildman–Crippen MR) is 94.6 cm³/mol. The van der Waals surface area contributed by atoms with Crippen molar-refractivity contribution >= 4 is 29.3 Å². The number of nitrogens with zero attached hydrogens (tertiary/aromatic N) is 5. The quantitative estimate of drug-likeness (QED) is 0.778. The van der Waals surface area contributed by atoms with Crippen LogP contribution in [0.2, 0.25) is 5.02 Å². The number of likely N-dealkylation sites (tertiary alicyclic amines) is 1. The van der Waals surface area contributed by atoms with Crippen molar-refractivity contribution in [2.24, 2.45) is 0 Å². The monoisotopic (exact) mass is 365 g/mol. The van der Waals surface area contributed by atoms with E-state index in [4.69, 9.17) is 11.6 Å². The molecule has 3 rings (SSSR count). The van der Waals surface area contributed by atoms with Gasteiger partial charge in [-0.1, -0.05) is 48.7 Å². The maximum absolute atomic E-state index is 12.5. The third-order valence-electron chi connectivity index (χ3n) is 4.03. The zero-order chi connectivity index (χ0) is 16.8. The fourth-order valence-corrected chi connectivity index (χ4v) is 3.73. The molecule has 1 aliphatic heterocycles. The summed E-state index contributed by atoms with van der Waals surface area (Å²) in [6.07, 6.45) is 5.90. The molecule has 8 heteroatoms. The molecule has 0 atom stereocenters. The molecule has 2 heterocycles. The van der Waals surface area contributed by atoms with Crippen LogP contribution in [0.5, 0.6) is 0 Å². The highest BCUT2D eigenvalue weighted by Gasteiger charge is 2.17. The fourth-order valence-electron chi connectivity index (χ4n) is 2.75. The molecule has 1 aromatic carbocycles. The highest BCUT2D eigenvalue weighted by atomic mass is 35.5. The van der Waals surface area contributed by atoms with E-state index in [0.717, 1.165) is 31.6 Å². The van der Waals surface area contributed by atoms with Gasteiger partial charge in [0.1, 0.15) is 0 Å². The van der Waals surface area contributed by atoms with Crippen LogP contribution in [0.1, 0.15) is 32.1 Å². The van der Waals surface area contributed by atoms with Gasteiger partial charge in [-0.3, -0.25) is 4.79 Å². The highest BCUT2D eigenvalue weighted by molar-refractivity contribution is 7.99. The zero-order valence-corrected chi connectivity index (χ0v) is 15.0. The Morgan fingerprint density at radius 3 is 2.67 bits per heavy atom. The van der Waals surface area contributed by atoms with Crippen molar-refractivity contribution in [3.05, 3.63) is 29.3 Å². The van der Waals surface area contributed by atoms with E-state index in [0.29, 0.717) is 15.9 Å². The molecule has 1 aliphatic rings. The van der Waals surface area contributed by atoms with Gasteiger partial charge >= 0.3 is 0 Å². The number of rotatable bonds is 4. The largest absolute Gasteiger partial charge is 0.342 e. The van der Waals surface area contributed by atoms with Gasteiger partial charge in [0, 0.05) is 18.1 Å². The summed E-state index contributed by atoms with van der Waals surface area (Å²) in [6, 6.07) is 7.32. The van der Waals surface area contributed by atoms with Crippen molar-refractivity contribution in [2.45, 2.75) is 37.3 Å². The Labute approximate surface area is 150 Å². The van der Waals surface area contributed by atoms with E-state index >= 15 is 0 Å². The molecular formula is C16H20ClN5OS. The first-order valence-electron chi connectivity index (χ1n) is 8.19. The number of halogens is 1. The van der Waals surface area contributed by atoms with Crippen LogP contribution >= 0.6 is 23.4 Å². The van der Waals surface area contributed by atoms with E-state index in [2.05, 4.69) is 15.5 Å². The second-order valence-electron chi connectivity index (χ2n) is 5.79. The van der Waals surface area contributed by atoms with Gasteiger partial charge in [0.2, 0.25) is 11.1 Å². The molecule has 2 aromatic rings. The van der Waals surface area contributed by atoms with E-state index in [1.165, 1.54) is 31.0 Å². The molecule has 0 saturated carbocycles. The van der Waals surface area contributed by atoms with Crippen LogP contribution in [0.3, 0.4) is 0 Å². The summed E-state index contributed by atoms with van der Waals surface area (Å²) in [5.41, 5.74) is 0.786. The van der Waals surface area contributed by atoms with Gasteiger partial charge in [-0.25, -0.2) is 0 Å². The Morgan fingerprint density at radius 2 is 1.92 bits per heavy atom. The highest BCUT2D eigenvalue weighted by Crippen LogP contribution is 2.21. The molecule has 1 fully saturated rings. The first kappa shape index (κ1) is 17.2. The molecule has 0 aliphatic carbocycles. The Morgan fingerprint density at radius 1 is 1.17 bits per heavy atom. The summed E-state index contributed by atoms with van der Waals surface area (Å²) < 4.78 is 1.61. The Hall–Kier alpha value is -1.60. The Bertz CT molecular complexity index is 685. The van der Waals surface area contributed by atoms with Crippen molar-refractivity contribution in [3.8, 4) is 5.69 Å². The molecule has 24 heavy (non-hydrogen) atoms. The van der Waals surface area contributed by atoms with Gasteiger partial charge < -0.3 is 4.90 Å². The van der Waals surface area contributed by atoms with E-state index in [1.54, 1.807) is 16.8 Å². The third kappa shape index (κ3) is 4.48. The molecule has 0 spiro atoms. The molecule has 1 aromatic heterocycles. The number of aromatic nitrogens is 4. The van der Waals surface area contributed by atoms with Crippen LogP contribution < -0.4 is 0 Å². The molecule has 0 N–H and O–H groups in total. The van der Waals surface area contributed by atoms with Crippen molar-refractivity contribution in [1.82, 2.24) is 25.1 Å². The summed E-state index contributed by atoms with van der Waals surface area (Å²) in [5.74, 6) is 0.503. The molecule has 0 unspecified atom stereocenters. The normalized spacial score (nSPS) is 15.8. The Balaban J connectivity index is 1.62. The SMILES string of the molecule is O=C(CSc1nnnn1-c1cccc(Cl)c1)N1CCCCCCC1. The first-order valence-corrected chi connectivity index (χ1v) is 9.55. The maximum Gasteiger partial charge on any atom is 0.233 e. The molecule has 128 valence electrons. The standard InChI is InChI=1S/C16H20ClN5OS/c17-13-7-6-8-14(11-13)22-16(18-19-20-22)24-12-15(23)21-9-4-2-1-3-5-10-21/h6-8,11H,1-5,9-10,12H2. The van der Waals surface area contributed by atoms with Gasteiger partial charge in [-0.15, -0.1) is 5.10 Å². The van der Waals surface area contributed by atoms with Crippen molar-refractivity contribution < 1.29 is 4.79 Å². The average Bonchev–Trinajstić information content (AvgIpc) is 3.01.